The molecule has 7 rings (SSSR count). The highest BCUT2D eigenvalue weighted by Gasteiger charge is 2.54. The van der Waals surface area contributed by atoms with Gasteiger partial charge in [-0.25, -0.2) is 9.78 Å². The average molecular weight is 419 g/mol. The summed E-state index contributed by atoms with van der Waals surface area (Å²) in [5, 5.41) is 0.921. The molecule has 4 bridgehead atoms. The highest BCUT2D eigenvalue weighted by Crippen LogP contribution is 2.60. The molecule has 4 aliphatic carbocycles. The van der Waals surface area contributed by atoms with Crippen molar-refractivity contribution in [2.24, 2.45) is 23.2 Å². The van der Waals surface area contributed by atoms with E-state index < -0.39 is 5.97 Å². The normalized spacial score (nSPS) is 31.4. The smallest absolute Gasteiger partial charge is 0.342 e. The largest absolute Gasteiger partial charge is 0.454 e. The van der Waals surface area contributed by atoms with Crippen LogP contribution < -0.4 is 4.90 Å². The van der Waals surface area contributed by atoms with Gasteiger partial charge >= 0.3 is 5.97 Å². The minimum absolute atomic E-state index is 0.0999. The number of para-hydroxylation sites is 1. The molecule has 31 heavy (non-hydrogen) atoms. The maximum absolute atomic E-state index is 13.3. The lowest BCUT2D eigenvalue weighted by Crippen LogP contribution is -2.51. The molecule has 5 fully saturated rings. The van der Waals surface area contributed by atoms with E-state index in [1.807, 2.05) is 30.3 Å². The van der Waals surface area contributed by atoms with Crippen molar-refractivity contribution in [3.8, 4) is 0 Å². The van der Waals surface area contributed by atoms with E-state index in [0.717, 1.165) is 56.1 Å². The molecule has 2 aromatic rings. The van der Waals surface area contributed by atoms with Crippen molar-refractivity contribution in [1.29, 1.82) is 0 Å². The van der Waals surface area contributed by atoms with Gasteiger partial charge < -0.3 is 9.64 Å². The van der Waals surface area contributed by atoms with Crippen molar-refractivity contribution in [3.63, 3.8) is 0 Å². The van der Waals surface area contributed by atoms with Crippen LogP contribution in [0, 0.1) is 23.2 Å². The van der Waals surface area contributed by atoms with E-state index in [-0.39, 0.29) is 17.8 Å². The Labute approximate surface area is 183 Å². The van der Waals surface area contributed by atoms with Crippen LogP contribution >= 0.6 is 0 Å². The van der Waals surface area contributed by atoms with E-state index in [2.05, 4.69) is 4.90 Å². The van der Waals surface area contributed by atoms with Crippen molar-refractivity contribution < 1.29 is 14.3 Å². The fourth-order valence-electron chi connectivity index (χ4n) is 7.24. The van der Waals surface area contributed by atoms with E-state index in [1.165, 1.54) is 19.3 Å². The molecule has 0 N–H and O–H groups in total. The molecule has 4 saturated carbocycles. The maximum atomic E-state index is 13.3. The number of ether oxygens (including phenoxy) is 1. The number of hydrogen-bond acceptors (Lipinski definition) is 5. The highest BCUT2D eigenvalue weighted by molar-refractivity contribution is 6.00. The number of carbonyl (C=O) groups is 2. The van der Waals surface area contributed by atoms with Gasteiger partial charge in [0.05, 0.1) is 5.52 Å². The predicted octanol–water partition coefficient (Wildman–Crippen LogP) is 4.78. The minimum atomic E-state index is -0.418. The summed E-state index contributed by atoms with van der Waals surface area (Å²) < 4.78 is 5.67. The summed E-state index contributed by atoms with van der Waals surface area (Å²) in [4.78, 5) is 33.4. The number of fused-ring (bicyclic) bond motifs is 1. The Hall–Kier alpha value is -2.43. The fourth-order valence-corrected chi connectivity index (χ4v) is 7.24. The first-order valence-electron chi connectivity index (χ1n) is 11.9. The third-order valence-corrected chi connectivity index (χ3v) is 8.29. The monoisotopic (exact) mass is 418 g/mol. The van der Waals surface area contributed by atoms with Gasteiger partial charge in [-0.05, 0) is 81.3 Å². The SMILES string of the molecule is O=C(OCC(=O)C12CC3CC(CC(C3)C1)C2)c1cc2ccccc2nc1N1CCCC1. The topological polar surface area (TPSA) is 59.5 Å². The van der Waals surface area contributed by atoms with Gasteiger partial charge in [-0.1, -0.05) is 18.2 Å². The van der Waals surface area contributed by atoms with Gasteiger partial charge in [0.25, 0.3) is 0 Å². The molecule has 1 aromatic heterocycles. The van der Waals surface area contributed by atoms with E-state index in [1.54, 1.807) is 0 Å². The quantitative estimate of drug-likeness (QED) is 0.654. The Balaban J connectivity index is 1.23. The Morgan fingerprint density at radius 3 is 2.32 bits per heavy atom. The van der Waals surface area contributed by atoms with Gasteiger partial charge in [0.15, 0.2) is 12.4 Å². The van der Waals surface area contributed by atoms with E-state index in [9.17, 15) is 9.59 Å². The van der Waals surface area contributed by atoms with Crippen molar-refractivity contribution in [3.05, 3.63) is 35.9 Å². The molecule has 5 aliphatic rings. The Bertz CT molecular complexity index is 1000. The average Bonchev–Trinajstić information content (AvgIpc) is 3.30. The molecule has 5 nitrogen and oxygen atoms in total. The Morgan fingerprint density at radius 2 is 1.65 bits per heavy atom. The predicted molar refractivity (Wildman–Crippen MR) is 119 cm³/mol. The maximum Gasteiger partial charge on any atom is 0.342 e. The standard InChI is InChI=1S/C26H30N2O3/c29-23(26-13-17-9-18(14-26)11-19(10-17)15-26)16-31-25(30)21-12-20-5-1-2-6-22(20)27-24(21)28-7-3-4-8-28/h1-2,5-6,12,17-19H,3-4,7-11,13-16H2. The van der Waals surface area contributed by atoms with E-state index in [0.29, 0.717) is 29.1 Å². The molecular weight excluding hydrogens is 388 g/mol. The highest BCUT2D eigenvalue weighted by atomic mass is 16.5. The molecule has 1 aliphatic heterocycles. The molecule has 0 amide bonds. The lowest BCUT2D eigenvalue weighted by molar-refractivity contribution is -0.147. The number of nitrogens with zero attached hydrogens (tertiary/aromatic N) is 2. The Morgan fingerprint density at radius 1 is 1.00 bits per heavy atom. The first-order chi connectivity index (χ1) is 15.1. The second-order valence-electron chi connectivity index (χ2n) is 10.4. The second-order valence-corrected chi connectivity index (χ2v) is 10.4. The number of Topliss-reactive ketones (excluding diaryl/α,β-unsaturated/α-hetero) is 1. The summed E-state index contributed by atoms with van der Waals surface area (Å²) in [5.74, 6) is 2.55. The van der Waals surface area contributed by atoms with Crippen molar-refractivity contribution in [1.82, 2.24) is 4.98 Å². The first kappa shape index (κ1) is 19.3. The number of carbonyl (C=O) groups excluding carboxylic acids is 2. The zero-order valence-corrected chi connectivity index (χ0v) is 18.0. The number of ketones is 1. The van der Waals surface area contributed by atoms with Crippen LogP contribution in [0.3, 0.4) is 0 Å². The number of anilines is 1. The molecule has 0 atom stereocenters. The summed E-state index contributed by atoms with van der Waals surface area (Å²) in [5.41, 5.74) is 1.14. The van der Waals surface area contributed by atoms with Crippen LogP contribution in [-0.2, 0) is 9.53 Å². The van der Waals surface area contributed by atoms with Crippen LogP contribution in [0.2, 0.25) is 0 Å². The van der Waals surface area contributed by atoms with Crippen LogP contribution in [0.5, 0.6) is 0 Å². The zero-order chi connectivity index (χ0) is 21.0. The third-order valence-electron chi connectivity index (χ3n) is 8.29. The van der Waals surface area contributed by atoms with Gasteiger partial charge in [-0.15, -0.1) is 0 Å². The van der Waals surface area contributed by atoms with Crippen LogP contribution in [0.1, 0.15) is 61.7 Å². The third kappa shape index (κ3) is 3.33. The number of hydrogen-bond donors (Lipinski definition) is 0. The van der Waals surface area contributed by atoms with Gasteiger partial charge in [0.2, 0.25) is 0 Å². The van der Waals surface area contributed by atoms with Crippen LogP contribution in [-0.4, -0.2) is 36.4 Å². The number of rotatable bonds is 5. The first-order valence-corrected chi connectivity index (χ1v) is 11.9. The summed E-state index contributed by atoms with van der Waals surface area (Å²) >= 11 is 0. The van der Waals surface area contributed by atoms with Gasteiger partial charge in [-0.3, -0.25) is 4.79 Å². The minimum Gasteiger partial charge on any atom is -0.454 e. The molecule has 162 valence electrons. The molecule has 1 aromatic carbocycles. The van der Waals surface area contributed by atoms with Gasteiger partial charge in [0, 0.05) is 23.9 Å². The van der Waals surface area contributed by atoms with Crippen LogP contribution in [0.4, 0.5) is 5.82 Å². The molecule has 0 spiro atoms. The van der Waals surface area contributed by atoms with Crippen LogP contribution in [0.15, 0.2) is 30.3 Å². The van der Waals surface area contributed by atoms with E-state index >= 15 is 0 Å². The zero-order valence-electron chi connectivity index (χ0n) is 18.0. The van der Waals surface area contributed by atoms with Crippen molar-refractivity contribution in [2.45, 2.75) is 51.4 Å². The summed E-state index contributed by atoms with van der Waals surface area (Å²) in [6.45, 7) is 1.70. The molecular formula is C26H30N2O3. The van der Waals surface area contributed by atoms with Gasteiger partial charge in [0.1, 0.15) is 11.4 Å². The lowest BCUT2D eigenvalue weighted by Gasteiger charge is -2.55. The van der Waals surface area contributed by atoms with E-state index in [4.69, 9.17) is 9.72 Å². The second kappa shape index (κ2) is 7.32. The summed E-state index contributed by atoms with van der Waals surface area (Å²) in [6, 6.07) is 9.73. The van der Waals surface area contributed by atoms with Crippen molar-refractivity contribution >= 4 is 28.5 Å². The Kier molecular flexibility index (Phi) is 4.55. The van der Waals surface area contributed by atoms with Crippen LogP contribution in [0.25, 0.3) is 10.9 Å². The van der Waals surface area contributed by atoms with Crippen molar-refractivity contribution in [2.75, 3.05) is 24.6 Å². The molecule has 0 radical (unpaired) electrons. The molecule has 0 unspecified atom stereocenters. The summed E-state index contributed by atoms with van der Waals surface area (Å²) in [6.07, 6.45) is 9.13. The lowest BCUT2D eigenvalue weighted by atomic mass is 9.48. The molecule has 5 heteroatoms. The summed E-state index contributed by atoms with van der Waals surface area (Å²) in [7, 11) is 0. The fraction of sp³-hybridized carbons (Fsp3) is 0.577. The number of benzene rings is 1. The number of pyridine rings is 1. The molecule has 1 saturated heterocycles. The number of esters is 1. The molecule has 2 heterocycles. The van der Waals surface area contributed by atoms with Gasteiger partial charge in [-0.2, -0.15) is 0 Å². The number of aromatic nitrogens is 1.